The highest BCUT2D eigenvalue weighted by atomic mass is 19.1. The number of hydrogen-bond donors (Lipinski definition) is 2. The third-order valence-electron chi connectivity index (χ3n) is 7.69. The van der Waals surface area contributed by atoms with E-state index >= 15 is 0 Å². The lowest BCUT2D eigenvalue weighted by Crippen LogP contribution is -2.42. The van der Waals surface area contributed by atoms with Gasteiger partial charge in [-0.05, 0) is 65.8 Å². The molecule has 0 saturated carbocycles. The van der Waals surface area contributed by atoms with Crippen molar-refractivity contribution in [2.24, 2.45) is 5.41 Å². The second kappa shape index (κ2) is 11.6. The maximum Gasteiger partial charge on any atom is 0.239 e. The molecule has 1 atom stereocenters. The van der Waals surface area contributed by atoms with Crippen molar-refractivity contribution in [3.63, 3.8) is 0 Å². The quantitative estimate of drug-likeness (QED) is 0.364. The lowest BCUT2D eigenvalue weighted by Gasteiger charge is -2.38. The molecule has 0 spiro atoms. The standard InChI is InChI=1S/C33H36FN3O4/c1-33(2)18-25-31(27(38)19-33)32(22-11-14-28(40-3)29(17-22)41-4)37(26-8-6-5-7-24(26)36-25)20-30(39)35-16-15-21-9-12-23(34)13-10-21/h5-14,17,32,36H,15-16,18-20H2,1-4H3,(H,35,39). The Hall–Kier alpha value is -4.33. The van der Waals surface area contributed by atoms with E-state index in [9.17, 15) is 14.0 Å². The van der Waals surface area contributed by atoms with Gasteiger partial charge in [-0.15, -0.1) is 0 Å². The van der Waals surface area contributed by atoms with Crippen LogP contribution in [0, 0.1) is 11.2 Å². The third-order valence-corrected chi connectivity index (χ3v) is 7.69. The normalized spacial score (nSPS) is 17.6. The molecule has 1 unspecified atom stereocenters. The highest BCUT2D eigenvalue weighted by Crippen LogP contribution is 2.49. The Morgan fingerprint density at radius 2 is 1.76 bits per heavy atom. The Kier molecular flexibility index (Phi) is 8.01. The highest BCUT2D eigenvalue weighted by Gasteiger charge is 2.42. The number of halogens is 1. The van der Waals surface area contributed by atoms with Crippen molar-refractivity contribution in [1.82, 2.24) is 5.32 Å². The van der Waals surface area contributed by atoms with Crippen LogP contribution in [0.25, 0.3) is 0 Å². The summed E-state index contributed by atoms with van der Waals surface area (Å²) in [5.41, 5.74) is 4.75. The molecule has 2 aliphatic rings. The summed E-state index contributed by atoms with van der Waals surface area (Å²) in [6.45, 7) is 4.63. The summed E-state index contributed by atoms with van der Waals surface area (Å²) in [6, 6.07) is 19.2. The summed E-state index contributed by atoms with van der Waals surface area (Å²) in [4.78, 5) is 29.3. The fraction of sp³-hybridized carbons (Fsp3) is 0.333. The highest BCUT2D eigenvalue weighted by molar-refractivity contribution is 6.02. The molecule has 3 aromatic carbocycles. The van der Waals surface area contributed by atoms with E-state index in [1.165, 1.54) is 12.1 Å². The smallest absolute Gasteiger partial charge is 0.239 e. The molecule has 1 aliphatic heterocycles. The minimum atomic E-state index is -0.535. The first-order chi connectivity index (χ1) is 19.7. The van der Waals surface area contributed by atoms with Crippen molar-refractivity contribution in [1.29, 1.82) is 0 Å². The number of carbonyl (C=O) groups excluding carboxylic acids is 2. The first-order valence-electron chi connectivity index (χ1n) is 13.8. The summed E-state index contributed by atoms with van der Waals surface area (Å²) in [5, 5.41) is 6.58. The Labute approximate surface area is 240 Å². The average molecular weight is 558 g/mol. The van der Waals surface area contributed by atoms with Crippen LogP contribution < -0.4 is 25.0 Å². The number of anilines is 2. The molecule has 0 fully saturated rings. The van der Waals surface area contributed by atoms with Gasteiger partial charge in [0.1, 0.15) is 5.82 Å². The summed E-state index contributed by atoms with van der Waals surface area (Å²) in [7, 11) is 3.16. The number of ether oxygens (including phenoxy) is 2. The molecule has 3 aromatic rings. The zero-order chi connectivity index (χ0) is 29.1. The lowest BCUT2D eigenvalue weighted by molar-refractivity contribution is -0.120. The molecular formula is C33H36FN3O4. The van der Waals surface area contributed by atoms with E-state index in [-0.39, 0.29) is 29.5 Å². The van der Waals surface area contributed by atoms with Crippen LogP contribution in [-0.2, 0) is 16.0 Å². The van der Waals surface area contributed by atoms with Gasteiger partial charge < -0.3 is 25.0 Å². The van der Waals surface area contributed by atoms with Crippen molar-refractivity contribution in [3.05, 3.63) is 94.9 Å². The van der Waals surface area contributed by atoms with Gasteiger partial charge in [0.2, 0.25) is 5.91 Å². The average Bonchev–Trinajstić information content (AvgIpc) is 3.07. The molecule has 2 N–H and O–H groups in total. The molecule has 0 saturated heterocycles. The monoisotopic (exact) mass is 557 g/mol. The van der Waals surface area contributed by atoms with Gasteiger partial charge in [0.15, 0.2) is 17.3 Å². The first-order valence-corrected chi connectivity index (χ1v) is 13.8. The lowest BCUT2D eigenvalue weighted by atomic mass is 9.73. The van der Waals surface area contributed by atoms with Crippen molar-refractivity contribution >= 4 is 23.1 Å². The number of benzene rings is 3. The van der Waals surface area contributed by atoms with Gasteiger partial charge in [0.05, 0.1) is 38.2 Å². The Morgan fingerprint density at radius 1 is 1.02 bits per heavy atom. The fourth-order valence-electron chi connectivity index (χ4n) is 5.80. The van der Waals surface area contributed by atoms with E-state index < -0.39 is 6.04 Å². The number of carbonyl (C=O) groups is 2. The van der Waals surface area contributed by atoms with Gasteiger partial charge in [-0.1, -0.05) is 44.2 Å². The number of fused-ring (bicyclic) bond motifs is 1. The van der Waals surface area contributed by atoms with E-state index in [2.05, 4.69) is 24.5 Å². The number of rotatable bonds is 8. The number of para-hydroxylation sites is 2. The maximum absolute atomic E-state index is 13.9. The number of amides is 1. The van der Waals surface area contributed by atoms with Crippen molar-refractivity contribution in [2.45, 2.75) is 39.2 Å². The molecule has 214 valence electrons. The van der Waals surface area contributed by atoms with Crippen molar-refractivity contribution < 1.29 is 23.5 Å². The number of nitrogens with one attached hydrogen (secondary N) is 2. The molecule has 0 aromatic heterocycles. The minimum Gasteiger partial charge on any atom is -0.493 e. The Balaban J connectivity index is 1.54. The largest absolute Gasteiger partial charge is 0.493 e. The predicted octanol–water partition coefficient (Wildman–Crippen LogP) is 5.82. The zero-order valence-electron chi connectivity index (χ0n) is 23.9. The van der Waals surface area contributed by atoms with E-state index in [4.69, 9.17) is 9.47 Å². The molecule has 1 aliphatic carbocycles. The molecule has 7 nitrogen and oxygen atoms in total. The van der Waals surface area contributed by atoms with Gasteiger partial charge >= 0.3 is 0 Å². The third kappa shape index (κ3) is 6.06. The molecule has 1 heterocycles. The Morgan fingerprint density at radius 3 is 2.49 bits per heavy atom. The Bertz CT molecular complexity index is 1480. The molecule has 0 radical (unpaired) electrons. The second-order valence-electron chi connectivity index (χ2n) is 11.3. The summed E-state index contributed by atoms with van der Waals surface area (Å²) in [6.07, 6.45) is 1.68. The van der Waals surface area contributed by atoms with Crippen LogP contribution in [0.1, 0.15) is 43.9 Å². The fourth-order valence-corrected chi connectivity index (χ4v) is 5.80. The van der Waals surface area contributed by atoms with Crippen LogP contribution in [0.5, 0.6) is 11.5 Å². The molecule has 0 bridgehead atoms. The van der Waals surface area contributed by atoms with Crippen LogP contribution in [-0.4, -0.2) is 39.0 Å². The van der Waals surface area contributed by atoms with Crippen LogP contribution in [0.2, 0.25) is 0 Å². The molecular weight excluding hydrogens is 521 g/mol. The SMILES string of the molecule is COc1ccc(C2C3=C(CC(C)(C)CC3=O)Nc3ccccc3N2CC(=O)NCCc2ccc(F)cc2)cc1OC. The van der Waals surface area contributed by atoms with Crippen molar-refractivity contribution in [3.8, 4) is 11.5 Å². The van der Waals surface area contributed by atoms with Crippen LogP contribution >= 0.6 is 0 Å². The molecule has 8 heteroatoms. The molecule has 5 rings (SSSR count). The zero-order valence-corrected chi connectivity index (χ0v) is 23.9. The number of hydrogen-bond acceptors (Lipinski definition) is 6. The van der Waals surface area contributed by atoms with Crippen molar-refractivity contribution in [2.75, 3.05) is 37.5 Å². The van der Waals surface area contributed by atoms with Crippen LogP contribution in [0.3, 0.4) is 0 Å². The number of ketones is 1. The predicted molar refractivity (Wildman–Crippen MR) is 158 cm³/mol. The first kappa shape index (κ1) is 28.2. The van der Waals surface area contributed by atoms with E-state index in [0.717, 1.165) is 28.2 Å². The van der Waals surface area contributed by atoms with Gasteiger partial charge in [-0.2, -0.15) is 0 Å². The second-order valence-corrected chi connectivity index (χ2v) is 11.3. The maximum atomic E-state index is 13.9. The van der Waals surface area contributed by atoms with Crippen LogP contribution in [0.4, 0.5) is 15.8 Å². The molecule has 41 heavy (non-hydrogen) atoms. The van der Waals surface area contributed by atoms with Gasteiger partial charge in [0, 0.05) is 24.2 Å². The summed E-state index contributed by atoms with van der Waals surface area (Å²) < 4.78 is 24.4. The van der Waals surface area contributed by atoms with Gasteiger partial charge in [-0.3, -0.25) is 9.59 Å². The van der Waals surface area contributed by atoms with E-state index in [1.807, 2.05) is 47.4 Å². The minimum absolute atomic E-state index is 0.0224. The number of allylic oxidation sites excluding steroid dienone is 1. The number of Topliss-reactive ketones (excluding diaryl/α,β-unsaturated/α-hetero) is 1. The van der Waals surface area contributed by atoms with Gasteiger partial charge in [-0.25, -0.2) is 4.39 Å². The van der Waals surface area contributed by atoms with E-state index in [0.29, 0.717) is 42.9 Å². The van der Waals surface area contributed by atoms with Crippen LogP contribution in [0.15, 0.2) is 78.0 Å². The summed E-state index contributed by atoms with van der Waals surface area (Å²) in [5.74, 6) is 0.712. The topological polar surface area (TPSA) is 79.9 Å². The van der Waals surface area contributed by atoms with Gasteiger partial charge in [0.25, 0.3) is 0 Å². The number of methoxy groups -OCH3 is 2. The van der Waals surface area contributed by atoms with E-state index in [1.54, 1.807) is 26.4 Å². The summed E-state index contributed by atoms with van der Waals surface area (Å²) >= 11 is 0. The number of nitrogens with zero attached hydrogens (tertiary/aromatic N) is 1. The molecule has 1 amide bonds.